The standard InChI is InChI=1S/C18H34N4O4.HI/c1-4-25-16(23)10-8-6-7-9-11-20-17(19-3)21-12-14-22(15-13-21)18(24)26-5-2;/h4-15H2,1-3H3,(H,19,20);1H. The maximum Gasteiger partial charge on any atom is 0.409 e. The zero-order chi connectivity index (χ0) is 19.2. The fourth-order valence-electron chi connectivity index (χ4n) is 2.83. The molecule has 0 atom stereocenters. The van der Waals surface area contributed by atoms with Gasteiger partial charge in [-0.3, -0.25) is 9.79 Å². The molecule has 0 spiro atoms. The first-order valence-corrected chi connectivity index (χ1v) is 9.65. The van der Waals surface area contributed by atoms with E-state index in [1.807, 2.05) is 13.8 Å². The van der Waals surface area contributed by atoms with Crippen molar-refractivity contribution in [3.63, 3.8) is 0 Å². The third kappa shape index (κ3) is 10.6. The molecule has 1 rings (SSSR count). The first-order valence-electron chi connectivity index (χ1n) is 9.65. The zero-order valence-corrected chi connectivity index (χ0v) is 19.2. The lowest BCUT2D eigenvalue weighted by molar-refractivity contribution is -0.143. The summed E-state index contributed by atoms with van der Waals surface area (Å²) in [5.74, 6) is 0.771. The number of amides is 1. The van der Waals surface area contributed by atoms with E-state index in [1.54, 1.807) is 11.9 Å². The molecule has 0 aromatic rings. The van der Waals surface area contributed by atoms with Gasteiger partial charge in [-0.25, -0.2) is 4.79 Å². The van der Waals surface area contributed by atoms with Crippen LogP contribution in [0.2, 0.25) is 0 Å². The molecule has 0 bridgehead atoms. The van der Waals surface area contributed by atoms with Gasteiger partial charge >= 0.3 is 12.1 Å². The largest absolute Gasteiger partial charge is 0.466 e. The molecule has 1 heterocycles. The molecular weight excluding hydrogens is 463 g/mol. The summed E-state index contributed by atoms with van der Waals surface area (Å²) in [5, 5.41) is 3.38. The Kier molecular flexibility index (Phi) is 15.0. The number of halogens is 1. The van der Waals surface area contributed by atoms with Crippen molar-refractivity contribution in [2.24, 2.45) is 4.99 Å². The molecule has 0 aromatic heterocycles. The molecule has 27 heavy (non-hydrogen) atoms. The number of hydrogen-bond acceptors (Lipinski definition) is 5. The van der Waals surface area contributed by atoms with Crippen molar-refractivity contribution >= 4 is 42.0 Å². The van der Waals surface area contributed by atoms with Crippen molar-refractivity contribution in [1.29, 1.82) is 0 Å². The Morgan fingerprint density at radius 1 is 0.926 bits per heavy atom. The summed E-state index contributed by atoms with van der Waals surface area (Å²) in [6.45, 7) is 8.14. The zero-order valence-electron chi connectivity index (χ0n) is 16.9. The van der Waals surface area contributed by atoms with Crippen LogP contribution in [-0.4, -0.2) is 80.8 Å². The molecule has 1 aliphatic heterocycles. The first kappa shape index (κ1) is 25.7. The van der Waals surface area contributed by atoms with Crippen molar-refractivity contribution < 1.29 is 19.1 Å². The summed E-state index contributed by atoms with van der Waals surface area (Å²) < 4.78 is 9.95. The van der Waals surface area contributed by atoms with E-state index in [9.17, 15) is 9.59 Å². The summed E-state index contributed by atoms with van der Waals surface area (Å²) in [7, 11) is 1.78. The molecule has 0 radical (unpaired) electrons. The van der Waals surface area contributed by atoms with Gasteiger partial charge in [-0.1, -0.05) is 12.8 Å². The van der Waals surface area contributed by atoms with Crippen LogP contribution >= 0.6 is 24.0 Å². The van der Waals surface area contributed by atoms with Crippen LogP contribution in [0.3, 0.4) is 0 Å². The molecule has 0 aliphatic carbocycles. The Hall–Kier alpha value is -1.26. The lowest BCUT2D eigenvalue weighted by Gasteiger charge is -2.35. The van der Waals surface area contributed by atoms with E-state index in [-0.39, 0.29) is 36.0 Å². The number of aliphatic imine (C=N–C) groups is 1. The van der Waals surface area contributed by atoms with Crippen LogP contribution in [0.25, 0.3) is 0 Å². The Balaban J connectivity index is 0.00000676. The van der Waals surface area contributed by atoms with Gasteiger partial charge in [-0.2, -0.15) is 0 Å². The maximum atomic E-state index is 11.7. The van der Waals surface area contributed by atoms with Crippen molar-refractivity contribution in [1.82, 2.24) is 15.1 Å². The third-order valence-electron chi connectivity index (χ3n) is 4.21. The van der Waals surface area contributed by atoms with Gasteiger partial charge in [0.1, 0.15) is 0 Å². The molecule has 0 unspecified atom stereocenters. The molecular formula is C18H35IN4O4. The van der Waals surface area contributed by atoms with Crippen molar-refractivity contribution in [3.8, 4) is 0 Å². The predicted octanol–water partition coefficient (Wildman–Crippen LogP) is 2.47. The van der Waals surface area contributed by atoms with Crippen LogP contribution in [0.5, 0.6) is 0 Å². The molecule has 1 saturated heterocycles. The van der Waals surface area contributed by atoms with Gasteiger partial charge in [0.05, 0.1) is 13.2 Å². The maximum absolute atomic E-state index is 11.7. The Labute approximate surface area is 180 Å². The van der Waals surface area contributed by atoms with E-state index in [1.165, 1.54) is 0 Å². The average Bonchev–Trinajstić information content (AvgIpc) is 2.64. The number of guanidine groups is 1. The minimum Gasteiger partial charge on any atom is -0.466 e. The smallest absolute Gasteiger partial charge is 0.409 e. The topological polar surface area (TPSA) is 83.5 Å². The van der Waals surface area contributed by atoms with Crippen LogP contribution < -0.4 is 5.32 Å². The Morgan fingerprint density at radius 3 is 2.11 bits per heavy atom. The van der Waals surface area contributed by atoms with Gasteiger partial charge in [0.25, 0.3) is 0 Å². The molecule has 1 amide bonds. The molecule has 8 nitrogen and oxygen atoms in total. The van der Waals surface area contributed by atoms with Gasteiger partial charge in [-0.05, 0) is 26.7 Å². The second-order valence-electron chi connectivity index (χ2n) is 6.12. The molecule has 1 aliphatic rings. The highest BCUT2D eigenvalue weighted by Gasteiger charge is 2.23. The van der Waals surface area contributed by atoms with Crippen LogP contribution in [-0.2, 0) is 14.3 Å². The second kappa shape index (κ2) is 15.8. The van der Waals surface area contributed by atoms with E-state index in [2.05, 4.69) is 15.2 Å². The number of rotatable bonds is 9. The molecule has 158 valence electrons. The number of nitrogens with zero attached hydrogens (tertiary/aromatic N) is 3. The van der Waals surface area contributed by atoms with Crippen molar-refractivity contribution in [2.45, 2.75) is 46.0 Å². The number of hydrogen-bond donors (Lipinski definition) is 1. The number of ether oxygens (including phenoxy) is 2. The van der Waals surface area contributed by atoms with E-state index in [0.717, 1.165) is 51.3 Å². The van der Waals surface area contributed by atoms with Crippen LogP contribution in [0.1, 0.15) is 46.0 Å². The number of piperazine rings is 1. The normalized spacial score (nSPS) is 14.4. The van der Waals surface area contributed by atoms with E-state index < -0.39 is 0 Å². The molecule has 1 fully saturated rings. The summed E-state index contributed by atoms with van der Waals surface area (Å²) >= 11 is 0. The van der Waals surface area contributed by atoms with Gasteiger partial charge in [0.2, 0.25) is 0 Å². The first-order chi connectivity index (χ1) is 12.6. The molecule has 0 saturated carbocycles. The quantitative estimate of drug-likeness (QED) is 0.173. The SMILES string of the molecule is CCOC(=O)CCCCCCNC(=NC)N1CCN(C(=O)OCC)CC1.I. The Morgan fingerprint density at radius 2 is 1.52 bits per heavy atom. The second-order valence-corrected chi connectivity index (χ2v) is 6.12. The van der Waals surface area contributed by atoms with Crippen LogP contribution in [0, 0.1) is 0 Å². The highest BCUT2D eigenvalue weighted by molar-refractivity contribution is 14.0. The van der Waals surface area contributed by atoms with Crippen LogP contribution in [0.4, 0.5) is 4.79 Å². The van der Waals surface area contributed by atoms with Gasteiger partial charge < -0.3 is 24.6 Å². The summed E-state index contributed by atoms with van der Waals surface area (Å²) in [6, 6.07) is 0. The third-order valence-corrected chi connectivity index (χ3v) is 4.21. The fourth-order valence-corrected chi connectivity index (χ4v) is 2.83. The molecule has 9 heteroatoms. The van der Waals surface area contributed by atoms with E-state index >= 15 is 0 Å². The average molecular weight is 498 g/mol. The number of carbonyl (C=O) groups excluding carboxylic acids is 2. The van der Waals surface area contributed by atoms with Crippen molar-refractivity contribution in [2.75, 3.05) is 53.0 Å². The van der Waals surface area contributed by atoms with Gasteiger partial charge in [0, 0.05) is 46.2 Å². The predicted molar refractivity (Wildman–Crippen MR) is 117 cm³/mol. The highest BCUT2D eigenvalue weighted by atomic mass is 127. The van der Waals surface area contributed by atoms with Crippen LogP contribution in [0.15, 0.2) is 4.99 Å². The molecule has 0 aromatic carbocycles. The Bertz CT molecular complexity index is 455. The minimum atomic E-state index is -0.238. The summed E-state index contributed by atoms with van der Waals surface area (Å²) in [6.07, 6.45) is 4.27. The monoisotopic (exact) mass is 498 g/mol. The lowest BCUT2D eigenvalue weighted by atomic mass is 10.1. The van der Waals surface area contributed by atoms with Crippen molar-refractivity contribution in [3.05, 3.63) is 0 Å². The molecule has 1 N–H and O–H groups in total. The van der Waals surface area contributed by atoms with E-state index in [0.29, 0.717) is 32.7 Å². The minimum absolute atomic E-state index is 0. The number of nitrogens with one attached hydrogen (secondary N) is 1. The summed E-state index contributed by atoms with van der Waals surface area (Å²) in [5.41, 5.74) is 0. The number of unbranched alkanes of at least 4 members (excludes halogenated alkanes) is 3. The highest BCUT2D eigenvalue weighted by Crippen LogP contribution is 2.06. The van der Waals surface area contributed by atoms with Gasteiger partial charge in [-0.15, -0.1) is 24.0 Å². The summed E-state index contributed by atoms with van der Waals surface area (Å²) in [4.78, 5) is 31.2. The number of carbonyl (C=O) groups is 2. The number of esters is 1. The van der Waals surface area contributed by atoms with Gasteiger partial charge in [0.15, 0.2) is 5.96 Å². The fraction of sp³-hybridized carbons (Fsp3) is 0.833. The lowest BCUT2D eigenvalue weighted by Crippen LogP contribution is -2.54. The van der Waals surface area contributed by atoms with E-state index in [4.69, 9.17) is 9.47 Å².